The van der Waals surface area contributed by atoms with E-state index in [1.54, 1.807) is 30.4 Å². The maximum absolute atomic E-state index is 12.2. The summed E-state index contributed by atoms with van der Waals surface area (Å²) >= 11 is 1.61. The van der Waals surface area contributed by atoms with E-state index >= 15 is 0 Å². The second-order valence-corrected chi connectivity index (χ2v) is 6.42. The molecule has 1 heterocycles. The van der Waals surface area contributed by atoms with E-state index in [-0.39, 0.29) is 24.6 Å². The van der Waals surface area contributed by atoms with Gasteiger partial charge in [0.15, 0.2) is 0 Å². The van der Waals surface area contributed by atoms with Gasteiger partial charge in [-0.25, -0.2) is 0 Å². The van der Waals surface area contributed by atoms with Crippen LogP contribution in [-0.4, -0.2) is 40.5 Å². The number of aliphatic hydroxyl groups excluding tert-OH is 1. The van der Waals surface area contributed by atoms with Gasteiger partial charge >= 0.3 is 0 Å². The minimum Gasteiger partial charge on any atom is -0.395 e. The molecule has 25 heavy (non-hydrogen) atoms. The molecule has 0 saturated heterocycles. The lowest BCUT2D eigenvalue weighted by molar-refractivity contribution is -0.385. The molecule has 2 N–H and O–H groups in total. The number of carbonyl (C=O) groups excluding carboxylic acids is 1. The molecule has 1 aromatic carbocycles. The summed E-state index contributed by atoms with van der Waals surface area (Å²) in [7, 11) is 0. The number of rotatable bonds is 9. The monoisotopic (exact) mass is 363 g/mol. The first-order valence-electron chi connectivity index (χ1n) is 7.89. The van der Waals surface area contributed by atoms with Crippen molar-refractivity contribution < 1.29 is 14.8 Å². The number of nitrogens with one attached hydrogen (secondary N) is 1. The molecule has 1 aromatic heterocycles. The Balaban J connectivity index is 1.93. The highest BCUT2D eigenvalue weighted by Gasteiger charge is 2.15. The van der Waals surface area contributed by atoms with Crippen molar-refractivity contribution in [3.8, 4) is 0 Å². The fourth-order valence-corrected chi connectivity index (χ4v) is 3.14. The molecule has 7 nitrogen and oxygen atoms in total. The maximum Gasteiger partial charge on any atom is 0.274 e. The highest BCUT2D eigenvalue weighted by molar-refractivity contribution is 7.07. The van der Waals surface area contributed by atoms with Crippen LogP contribution in [0.15, 0.2) is 35.0 Å². The Morgan fingerprint density at radius 2 is 2.16 bits per heavy atom. The molecular weight excluding hydrogens is 342 g/mol. The summed E-state index contributed by atoms with van der Waals surface area (Å²) < 4.78 is 0. The standard InChI is InChI=1S/C17H21N3O4S/c1-13-15(3-2-4-16(13)20(23)24)18-17(22)5-7-19(8-9-21)11-14-6-10-25-12-14/h2-4,6,10,12,21H,5,7-9,11H2,1H3,(H,18,22). The number of aliphatic hydroxyl groups is 1. The highest BCUT2D eigenvalue weighted by atomic mass is 32.1. The average Bonchev–Trinajstić information content (AvgIpc) is 3.07. The molecule has 0 aliphatic carbocycles. The van der Waals surface area contributed by atoms with Crippen molar-refractivity contribution in [2.75, 3.05) is 25.0 Å². The molecular formula is C17H21N3O4S. The van der Waals surface area contributed by atoms with Crippen LogP contribution < -0.4 is 5.32 Å². The van der Waals surface area contributed by atoms with E-state index in [4.69, 9.17) is 0 Å². The number of nitro benzene ring substituents is 1. The van der Waals surface area contributed by atoms with Crippen molar-refractivity contribution in [3.05, 3.63) is 56.3 Å². The number of carbonyl (C=O) groups is 1. The van der Waals surface area contributed by atoms with Gasteiger partial charge in [-0.1, -0.05) is 6.07 Å². The summed E-state index contributed by atoms with van der Waals surface area (Å²) in [4.78, 5) is 24.7. The summed E-state index contributed by atoms with van der Waals surface area (Å²) in [5.41, 5.74) is 2.02. The normalized spacial score (nSPS) is 10.8. The van der Waals surface area contributed by atoms with Crippen LogP contribution >= 0.6 is 11.3 Å². The van der Waals surface area contributed by atoms with E-state index in [1.807, 2.05) is 21.7 Å². The molecule has 0 bridgehead atoms. The van der Waals surface area contributed by atoms with Gasteiger partial charge in [0, 0.05) is 32.1 Å². The Hall–Kier alpha value is -2.29. The molecule has 0 atom stereocenters. The van der Waals surface area contributed by atoms with Gasteiger partial charge in [0.1, 0.15) is 0 Å². The Bertz CT molecular complexity index is 719. The molecule has 0 radical (unpaired) electrons. The zero-order valence-electron chi connectivity index (χ0n) is 14.0. The quantitative estimate of drug-likeness (QED) is 0.527. The van der Waals surface area contributed by atoms with Gasteiger partial charge < -0.3 is 10.4 Å². The van der Waals surface area contributed by atoms with Crippen LogP contribution in [0, 0.1) is 17.0 Å². The molecule has 134 valence electrons. The largest absolute Gasteiger partial charge is 0.395 e. The SMILES string of the molecule is Cc1c(NC(=O)CCN(CCO)Cc2ccsc2)cccc1[N+](=O)[O-]. The fourth-order valence-electron chi connectivity index (χ4n) is 2.48. The molecule has 1 amide bonds. The smallest absolute Gasteiger partial charge is 0.274 e. The van der Waals surface area contributed by atoms with Gasteiger partial charge in [0.25, 0.3) is 5.69 Å². The molecule has 0 saturated carbocycles. The summed E-state index contributed by atoms with van der Waals surface area (Å²) in [6, 6.07) is 6.63. The van der Waals surface area contributed by atoms with Gasteiger partial charge in [-0.05, 0) is 35.4 Å². The van der Waals surface area contributed by atoms with Crippen LogP contribution in [0.4, 0.5) is 11.4 Å². The topological polar surface area (TPSA) is 95.7 Å². The van der Waals surface area contributed by atoms with E-state index in [0.717, 1.165) is 5.56 Å². The lowest BCUT2D eigenvalue weighted by Gasteiger charge is -2.20. The third kappa shape index (κ3) is 5.63. The second kappa shape index (κ2) is 9.26. The zero-order valence-corrected chi connectivity index (χ0v) is 14.8. The number of thiophene rings is 1. The van der Waals surface area contributed by atoms with Crippen molar-refractivity contribution in [1.82, 2.24) is 4.90 Å². The summed E-state index contributed by atoms with van der Waals surface area (Å²) in [6.07, 6.45) is 0.242. The summed E-state index contributed by atoms with van der Waals surface area (Å²) in [5, 5.41) is 26.9. The van der Waals surface area contributed by atoms with E-state index in [9.17, 15) is 20.0 Å². The molecule has 0 unspecified atom stereocenters. The van der Waals surface area contributed by atoms with Gasteiger partial charge in [-0.2, -0.15) is 11.3 Å². The molecule has 8 heteroatoms. The Kier molecular flexibility index (Phi) is 7.05. The number of nitrogens with zero attached hydrogens (tertiary/aromatic N) is 2. The first kappa shape index (κ1) is 19.0. The van der Waals surface area contributed by atoms with E-state index in [2.05, 4.69) is 5.32 Å². The van der Waals surface area contributed by atoms with Crippen molar-refractivity contribution in [3.63, 3.8) is 0 Å². The van der Waals surface area contributed by atoms with Crippen LogP contribution in [0.1, 0.15) is 17.5 Å². The fraction of sp³-hybridized carbons (Fsp3) is 0.353. The molecule has 2 rings (SSSR count). The van der Waals surface area contributed by atoms with Crippen LogP contribution in [-0.2, 0) is 11.3 Å². The van der Waals surface area contributed by atoms with Crippen LogP contribution in [0.3, 0.4) is 0 Å². The molecule has 0 spiro atoms. The number of nitro groups is 1. The minimum absolute atomic E-state index is 0.0165. The predicted molar refractivity (Wildman–Crippen MR) is 97.8 cm³/mol. The average molecular weight is 363 g/mol. The number of benzene rings is 1. The van der Waals surface area contributed by atoms with Crippen molar-refractivity contribution in [2.45, 2.75) is 19.9 Å². The maximum atomic E-state index is 12.2. The van der Waals surface area contributed by atoms with Crippen LogP contribution in [0.5, 0.6) is 0 Å². The highest BCUT2D eigenvalue weighted by Crippen LogP contribution is 2.25. The van der Waals surface area contributed by atoms with Crippen molar-refractivity contribution >= 4 is 28.6 Å². The van der Waals surface area contributed by atoms with E-state index in [0.29, 0.717) is 30.9 Å². The van der Waals surface area contributed by atoms with E-state index in [1.165, 1.54) is 6.07 Å². The summed E-state index contributed by atoms with van der Waals surface area (Å²) in [6.45, 7) is 3.29. The lowest BCUT2D eigenvalue weighted by atomic mass is 10.1. The number of amides is 1. The number of anilines is 1. The second-order valence-electron chi connectivity index (χ2n) is 5.64. The molecule has 0 fully saturated rings. The number of hydrogen-bond donors (Lipinski definition) is 2. The third-order valence-corrected chi connectivity index (χ3v) is 4.57. The van der Waals surface area contributed by atoms with Gasteiger partial charge in [-0.15, -0.1) is 0 Å². The third-order valence-electron chi connectivity index (χ3n) is 3.83. The van der Waals surface area contributed by atoms with Crippen LogP contribution in [0.2, 0.25) is 0 Å². The van der Waals surface area contributed by atoms with Gasteiger partial charge in [0.2, 0.25) is 5.91 Å². The molecule has 0 aliphatic heterocycles. The van der Waals surface area contributed by atoms with Crippen molar-refractivity contribution in [1.29, 1.82) is 0 Å². The summed E-state index contributed by atoms with van der Waals surface area (Å²) in [5.74, 6) is -0.211. The van der Waals surface area contributed by atoms with E-state index < -0.39 is 4.92 Å². The Morgan fingerprint density at radius 1 is 1.36 bits per heavy atom. The van der Waals surface area contributed by atoms with Gasteiger partial charge in [0.05, 0.1) is 22.8 Å². The first-order valence-corrected chi connectivity index (χ1v) is 8.83. The predicted octanol–water partition coefficient (Wildman–Crippen LogP) is 2.79. The number of hydrogen-bond acceptors (Lipinski definition) is 6. The van der Waals surface area contributed by atoms with Crippen LogP contribution in [0.25, 0.3) is 0 Å². The Morgan fingerprint density at radius 3 is 2.80 bits per heavy atom. The van der Waals surface area contributed by atoms with Crippen molar-refractivity contribution in [2.24, 2.45) is 0 Å². The Labute approximate surface area is 150 Å². The molecule has 2 aromatic rings. The lowest BCUT2D eigenvalue weighted by Crippen LogP contribution is -2.30. The molecule has 0 aliphatic rings. The van der Waals surface area contributed by atoms with Gasteiger partial charge in [-0.3, -0.25) is 19.8 Å². The zero-order chi connectivity index (χ0) is 18.2. The minimum atomic E-state index is -0.463. The first-order chi connectivity index (χ1) is 12.0.